The molecule has 0 saturated heterocycles. The van der Waals surface area contributed by atoms with Gasteiger partial charge in [-0.1, -0.05) is 0 Å². The van der Waals surface area contributed by atoms with Crippen LogP contribution in [0.1, 0.15) is 19.3 Å². The van der Waals surface area contributed by atoms with E-state index in [1.54, 1.807) is 0 Å². The van der Waals surface area contributed by atoms with Gasteiger partial charge in [-0.2, -0.15) is 4.98 Å². The third-order valence-electron chi connectivity index (χ3n) is 3.20. The maximum Gasteiger partial charge on any atom is 0.295 e. The number of nitrogens with zero attached hydrogens (tertiary/aromatic N) is 1. The third kappa shape index (κ3) is 3.38. The molecule has 102 valence electrons. The summed E-state index contributed by atoms with van der Waals surface area (Å²) < 4.78 is 11.1. The Kier molecular flexibility index (Phi) is 3.55. The number of fused-ring (bicyclic) bond motifs is 1. The van der Waals surface area contributed by atoms with Crippen LogP contribution in [0.5, 0.6) is 0 Å². The van der Waals surface area contributed by atoms with Gasteiger partial charge in [-0.25, -0.2) is 0 Å². The first kappa shape index (κ1) is 12.3. The molecule has 1 aromatic carbocycles. The summed E-state index contributed by atoms with van der Waals surface area (Å²) in [4.78, 5) is 4.33. The maximum atomic E-state index is 5.70. The molecule has 5 heteroatoms. The van der Waals surface area contributed by atoms with E-state index < -0.39 is 0 Å². The maximum absolute atomic E-state index is 5.70. The van der Waals surface area contributed by atoms with Crippen LogP contribution in [0.3, 0.4) is 0 Å². The van der Waals surface area contributed by atoms with Gasteiger partial charge in [0, 0.05) is 25.4 Å². The highest BCUT2D eigenvalue weighted by molar-refractivity contribution is 5.78. The summed E-state index contributed by atoms with van der Waals surface area (Å²) in [7, 11) is 0. The van der Waals surface area contributed by atoms with E-state index >= 15 is 0 Å². The molecule has 1 aromatic heterocycles. The van der Waals surface area contributed by atoms with Gasteiger partial charge >= 0.3 is 0 Å². The quantitative estimate of drug-likeness (QED) is 0.592. The summed E-state index contributed by atoms with van der Waals surface area (Å²) >= 11 is 0. The van der Waals surface area contributed by atoms with Crippen molar-refractivity contribution in [3.05, 3.63) is 18.2 Å². The molecule has 0 bridgehead atoms. The van der Waals surface area contributed by atoms with Crippen LogP contribution in [0.15, 0.2) is 22.6 Å². The zero-order valence-electron chi connectivity index (χ0n) is 10.9. The van der Waals surface area contributed by atoms with E-state index in [0.29, 0.717) is 11.7 Å². The van der Waals surface area contributed by atoms with Gasteiger partial charge in [0.05, 0.1) is 0 Å². The Labute approximate surface area is 112 Å². The van der Waals surface area contributed by atoms with Crippen molar-refractivity contribution in [2.75, 3.05) is 30.8 Å². The van der Waals surface area contributed by atoms with E-state index in [1.165, 1.54) is 12.8 Å². The van der Waals surface area contributed by atoms with Crippen LogP contribution in [0.25, 0.3) is 11.1 Å². The predicted octanol–water partition coefficient (Wildman–Crippen LogP) is 2.64. The highest BCUT2D eigenvalue weighted by Crippen LogP contribution is 2.28. The van der Waals surface area contributed by atoms with Gasteiger partial charge < -0.3 is 20.2 Å². The molecule has 0 amide bonds. The summed E-state index contributed by atoms with van der Waals surface area (Å²) in [6.45, 7) is 2.51. The Bertz CT molecular complexity index is 549. The van der Waals surface area contributed by atoms with Crippen molar-refractivity contribution in [1.29, 1.82) is 0 Å². The van der Waals surface area contributed by atoms with E-state index in [9.17, 15) is 0 Å². The zero-order chi connectivity index (χ0) is 13.1. The Balaban J connectivity index is 1.42. The molecule has 3 rings (SSSR count). The number of hydrogen-bond acceptors (Lipinski definition) is 5. The second kappa shape index (κ2) is 5.48. The molecule has 1 saturated carbocycles. The molecule has 1 aliphatic carbocycles. The standard InChI is InChI=1S/C14H19N3O2/c15-11-4-5-13-12(8-11)17-14(19-13)16-6-1-7-18-9-10-2-3-10/h4-5,8,10H,1-3,6-7,9,15H2,(H,16,17). The summed E-state index contributed by atoms with van der Waals surface area (Å²) in [5.41, 5.74) is 7.93. The predicted molar refractivity (Wildman–Crippen MR) is 75.1 cm³/mol. The minimum absolute atomic E-state index is 0.544. The molecular weight excluding hydrogens is 242 g/mol. The van der Waals surface area contributed by atoms with Crippen molar-refractivity contribution < 1.29 is 9.15 Å². The molecular formula is C14H19N3O2. The normalized spacial score (nSPS) is 14.9. The first-order chi connectivity index (χ1) is 9.31. The van der Waals surface area contributed by atoms with Crippen LogP contribution >= 0.6 is 0 Å². The number of rotatable bonds is 7. The van der Waals surface area contributed by atoms with Gasteiger partial charge in [-0.15, -0.1) is 0 Å². The molecule has 0 aliphatic heterocycles. The second-order valence-corrected chi connectivity index (χ2v) is 5.04. The summed E-state index contributed by atoms with van der Waals surface area (Å²) in [5, 5.41) is 3.16. The van der Waals surface area contributed by atoms with Crippen LogP contribution in [0.4, 0.5) is 11.7 Å². The second-order valence-electron chi connectivity index (χ2n) is 5.04. The molecule has 1 fully saturated rings. The Morgan fingerprint density at radius 1 is 1.42 bits per heavy atom. The average Bonchev–Trinajstić information content (AvgIpc) is 3.13. The van der Waals surface area contributed by atoms with Gasteiger partial charge in [0.1, 0.15) is 5.52 Å². The van der Waals surface area contributed by atoms with Crippen LogP contribution in [0, 0.1) is 5.92 Å². The minimum Gasteiger partial charge on any atom is -0.424 e. The lowest BCUT2D eigenvalue weighted by Crippen LogP contribution is -2.06. The number of nitrogen functional groups attached to an aromatic ring is 1. The summed E-state index contributed by atoms with van der Waals surface area (Å²) in [5.74, 6) is 0.829. The highest BCUT2D eigenvalue weighted by Gasteiger charge is 2.20. The van der Waals surface area contributed by atoms with Crippen LogP contribution < -0.4 is 11.1 Å². The van der Waals surface area contributed by atoms with Crippen molar-refractivity contribution in [3.8, 4) is 0 Å². The molecule has 0 unspecified atom stereocenters. The largest absolute Gasteiger partial charge is 0.424 e. The van der Waals surface area contributed by atoms with E-state index in [0.717, 1.165) is 43.2 Å². The smallest absolute Gasteiger partial charge is 0.295 e. The molecule has 1 aliphatic rings. The topological polar surface area (TPSA) is 73.3 Å². The monoisotopic (exact) mass is 261 g/mol. The molecule has 3 N–H and O–H groups in total. The fourth-order valence-corrected chi connectivity index (χ4v) is 1.92. The first-order valence-electron chi connectivity index (χ1n) is 6.79. The summed E-state index contributed by atoms with van der Waals surface area (Å²) in [6.07, 6.45) is 3.63. The van der Waals surface area contributed by atoms with Crippen molar-refractivity contribution in [2.45, 2.75) is 19.3 Å². The van der Waals surface area contributed by atoms with Crippen molar-refractivity contribution >= 4 is 22.8 Å². The lowest BCUT2D eigenvalue weighted by atomic mass is 10.3. The van der Waals surface area contributed by atoms with Gasteiger partial charge in [0.2, 0.25) is 0 Å². The van der Waals surface area contributed by atoms with Gasteiger partial charge in [0.25, 0.3) is 6.01 Å². The lowest BCUT2D eigenvalue weighted by Gasteiger charge is -2.03. The fraction of sp³-hybridized carbons (Fsp3) is 0.500. The van der Waals surface area contributed by atoms with Crippen LogP contribution in [-0.2, 0) is 4.74 Å². The van der Waals surface area contributed by atoms with E-state index in [2.05, 4.69) is 10.3 Å². The molecule has 2 aromatic rings. The molecule has 0 radical (unpaired) electrons. The molecule has 5 nitrogen and oxygen atoms in total. The number of aromatic nitrogens is 1. The third-order valence-corrected chi connectivity index (χ3v) is 3.20. The van der Waals surface area contributed by atoms with E-state index in [-0.39, 0.29) is 0 Å². The number of anilines is 2. The number of nitrogens with two attached hydrogens (primary N) is 1. The zero-order valence-corrected chi connectivity index (χ0v) is 10.9. The number of oxazole rings is 1. The van der Waals surface area contributed by atoms with Crippen molar-refractivity contribution in [3.63, 3.8) is 0 Å². The Morgan fingerprint density at radius 2 is 2.32 bits per heavy atom. The number of nitrogens with one attached hydrogen (secondary N) is 1. The van der Waals surface area contributed by atoms with E-state index in [4.69, 9.17) is 14.9 Å². The Morgan fingerprint density at radius 3 is 3.16 bits per heavy atom. The van der Waals surface area contributed by atoms with Crippen LogP contribution in [0.2, 0.25) is 0 Å². The lowest BCUT2D eigenvalue weighted by molar-refractivity contribution is 0.124. The van der Waals surface area contributed by atoms with Crippen LogP contribution in [-0.4, -0.2) is 24.7 Å². The first-order valence-corrected chi connectivity index (χ1v) is 6.79. The van der Waals surface area contributed by atoms with E-state index in [1.807, 2.05) is 18.2 Å². The molecule has 0 spiro atoms. The molecule has 19 heavy (non-hydrogen) atoms. The number of benzene rings is 1. The summed E-state index contributed by atoms with van der Waals surface area (Å²) in [6, 6.07) is 6.00. The minimum atomic E-state index is 0.544. The van der Waals surface area contributed by atoms with Crippen molar-refractivity contribution in [2.24, 2.45) is 5.92 Å². The van der Waals surface area contributed by atoms with Crippen molar-refractivity contribution in [1.82, 2.24) is 4.98 Å². The SMILES string of the molecule is Nc1ccc2oc(NCCCOCC3CC3)nc2c1. The average molecular weight is 261 g/mol. The highest BCUT2D eigenvalue weighted by atomic mass is 16.5. The number of ether oxygens (including phenoxy) is 1. The van der Waals surface area contributed by atoms with Gasteiger partial charge in [-0.05, 0) is 43.4 Å². The number of hydrogen-bond donors (Lipinski definition) is 2. The molecule has 0 atom stereocenters. The van der Waals surface area contributed by atoms with Gasteiger partial charge in [0.15, 0.2) is 5.58 Å². The fourth-order valence-electron chi connectivity index (χ4n) is 1.92. The Hall–Kier alpha value is -1.75. The molecule has 1 heterocycles. The van der Waals surface area contributed by atoms with Gasteiger partial charge in [-0.3, -0.25) is 0 Å².